The zero-order chi connectivity index (χ0) is 9.82. The van der Waals surface area contributed by atoms with Crippen molar-refractivity contribution in [2.75, 3.05) is 34.0 Å². The van der Waals surface area contributed by atoms with E-state index in [1.165, 1.54) is 7.11 Å². The molecule has 4 nitrogen and oxygen atoms in total. The summed E-state index contributed by atoms with van der Waals surface area (Å²) >= 11 is 0. The summed E-state index contributed by atoms with van der Waals surface area (Å²) < 4.78 is 9.30. The molecule has 1 N–H and O–H groups in total. The van der Waals surface area contributed by atoms with Crippen LogP contribution < -0.4 is 5.32 Å². The predicted molar refractivity (Wildman–Crippen MR) is 48.1 cm³/mol. The number of nitrogens with one attached hydrogen (secondary N) is 1. The minimum Gasteiger partial charge on any atom is -0.383 e. The van der Waals surface area contributed by atoms with Crippen molar-refractivity contribution in [3.8, 4) is 0 Å². The van der Waals surface area contributed by atoms with Crippen LogP contribution in [-0.2, 0) is 14.3 Å². The molecule has 0 atom stereocenters. The Morgan fingerprint density at radius 2 is 1.83 bits per heavy atom. The number of hydrogen-bond acceptors (Lipinski definition) is 3. The maximum Gasteiger partial charge on any atom is 0.246 e. The van der Waals surface area contributed by atoms with Gasteiger partial charge in [0.1, 0.15) is 6.61 Å². The highest BCUT2D eigenvalue weighted by molar-refractivity contribution is 5.77. The number of amides is 1. The fourth-order valence-corrected chi connectivity index (χ4v) is 0.475. The minimum atomic E-state index is -0.112. The topological polar surface area (TPSA) is 47.6 Å². The normalized spacial score (nSPS) is 8.33. The largest absolute Gasteiger partial charge is 0.383 e. The van der Waals surface area contributed by atoms with Gasteiger partial charge in [-0.3, -0.25) is 4.79 Å². The van der Waals surface area contributed by atoms with Crippen molar-refractivity contribution in [3.63, 3.8) is 0 Å². The van der Waals surface area contributed by atoms with Gasteiger partial charge in [0.2, 0.25) is 5.91 Å². The van der Waals surface area contributed by atoms with Crippen LogP contribution in [0.4, 0.5) is 0 Å². The van der Waals surface area contributed by atoms with Gasteiger partial charge in [0.25, 0.3) is 0 Å². The summed E-state index contributed by atoms with van der Waals surface area (Å²) in [6.45, 7) is 5.19. The van der Waals surface area contributed by atoms with Crippen molar-refractivity contribution in [2.45, 2.75) is 13.8 Å². The Labute approximate surface area is 74.2 Å². The summed E-state index contributed by atoms with van der Waals surface area (Å²) in [6, 6.07) is 0. The number of hydrogen-bond donors (Lipinski definition) is 1. The summed E-state index contributed by atoms with van der Waals surface area (Å²) in [6.07, 6.45) is 0. The van der Waals surface area contributed by atoms with Crippen LogP contribution in [0.2, 0.25) is 0 Å². The van der Waals surface area contributed by atoms with Gasteiger partial charge >= 0.3 is 0 Å². The molecule has 0 saturated carbocycles. The Balaban J connectivity index is 0. The third-order valence-electron chi connectivity index (χ3n) is 0.904. The maximum absolute atomic E-state index is 10.6. The molecule has 0 heterocycles. The fourth-order valence-electron chi connectivity index (χ4n) is 0.475. The van der Waals surface area contributed by atoms with E-state index in [2.05, 4.69) is 10.1 Å². The average Bonchev–Trinajstić information content (AvgIpc) is 2.09. The molecule has 0 aliphatic rings. The van der Waals surface area contributed by atoms with Crippen LogP contribution >= 0.6 is 0 Å². The zero-order valence-electron chi connectivity index (χ0n) is 8.35. The molecular formula is C8H19NO3. The Kier molecular flexibility index (Phi) is 15.1. The highest BCUT2D eigenvalue weighted by atomic mass is 16.5. The van der Waals surface area contributed by atoms with Crippen LogP contribution in [0, 0.1) is 0 Å². The van der Waals surface area contributed by atoms with Crippen molar-refractivity contribution >= 4 is 5.91 Å². The van der Waals surface area contributed by atoms with E-state index < -0.39 is 0 Å². The lowest BCUT2D eigenvalue weighted by molar-refractivity contribution is -0.124. The summed E-state index contributed by atoms with van der Waals surface area (Å²) in [4.78, 5) is 10.6. The van der Waals surface area contributed by atoms with Crippen LogP contribution in [0.3, 0.4) is 0 Å². The van der Waals surface area contributed by atoms with Gasteiger partial charge in [-0.2, -0.15) is 0 Å². The number of methoxy groups -OCH3 is 2. The second kappa shape index (κ2) is 13.0. The average molecular weight is 177 g/mol. The smallest absolute Gasteiger partial charge is 0.246 e. The quantitative estimate of drug-likeness (QED) is 0.619. The fraction of sp³-hybridized carbons (Fsp3) is 0.875. The Bertz CT molecular complexity index is 96.3. The Hall–Kier alpha value is -0.610. The van der Waals surface area contributed by atoms with E-state index >= 15 is 0 Å². The van der Waals surface area contributed by atoms with E-state index in [0.717, 1.165) is 0 Å². The van der Waals surface area contributed by atoms with Crippen molar-refractivity contribution < 1.29 is 14.3 Å². The van der Waals surface area contributed by atoms with Gasteiger partial charge in [0.05, 0.1) is 6.61 Å². The van der Waals surface area contributed by atoms with Crippen molar-refractivity contribution in [2.24, 2.45) is 0 Å². The SMILES string of the molecule is CC.COCCNC(=O)COC. The summed E-state index contributed by atoms with van der Waals surface area (Å²) in [5.41, 5.74) is 0. The molecule has 0 fully saturated rings. The first-order valence-corrected chi connectivity index (χ1v) is 4.06. The first kappa shape index (κ1) is 13.9. The molecule has 0 unspecified atom stereocenters. The second-order valence-corrected chi connectivity index (χ2v) is 1.78. The molecule has 0 aromatic rings. The molecule has 0 spiro atoms. The van der Waals surface area contributed by atoms with Gasteiger partial charge in [0, 0.05) is 20.8 Å². The molecule has 0 aromatic carbocycles. The second-order valence-electron chi connectivity index (χ2n) is 1.78. The van der Waals surface area contributed by atoms with Crippen LogP contribution in [0.5, 0.6) is 0 Å². The van der Waals surface area contributed by atoms with Crippen molar-refractivity contribution in [3.05, 3.63) is 0 Å². The first-order valence-electron chi connectivity index (χ1n) is 4.06. The van der Waals surface area contributed by atoms with Crippen LogP contribution in [0.15, 0.2) is 0 Å². The predicted octanol–water partition coefficient (Wildman–Crippen LogP) is 0.422. The standard InChI is InChI=1S/C6H13NO3.C2H6/c1-9-4-3-7-6(8)5-10-2;1-2/h3-5H2,1-2H3,(H,7,8);1-2H3. The molecule has 0 saturated heterocycles. The van der Waals surface area contributed by atoms with Gasteiger partial charge in [-0.15, -0.1) is 0 Å². The van der Waals surface area contributed by atoms with E-state index in [9.17, 15) is 4.79 Å². The molecule has 74 valence electrons. The van der Waals surface area contributed by atoms with E-state index in [4.69, 9.17) is 4.74 Å². The van der Waals surface area contributed by atoms with Gasteiger partial charge in [0.15, 0.2) is 0 Å². The summed E-state index contributed by atoms with van der Waals surface area (Å²) in [5.74, 6) is -0.112. The van der Waals surface area contributed by atoms with Gasteiger partial charge in [-0.1, -0.05) is 13.8 Å². The lowest BCUT2D eigenvalue weighted by Crippen LogP contribution is -2.29. The Morgan fingerprint density at radius 3 is 2.25 bits per heavy atom. The van der Waals surface area contributed by atoms with E-state index in [1.54, 1.807) is 7.11 Å². The third-order valence-corrected chi connectivity index (χ3v) is 0.904. The summed E-state index contributed by atoms with van der Waals surface area (Å²) in [5, 5.41) is 2.60. The number of carbonyl (C=O) groups excluding carboxylic acids is 1. The maximum atomic E-state index is 10.6. The first-order chi connectivity index (χ1) is 5.81. The molecule has 0 aliphatic carbocycles. The number of rotatable bonds is 5. The monoisotopic (exact) mass is 177 g/mol. The Morgan fingerprint density at radius 1 is 1.25 bits per heavy atom. The zero-order valence-corrected chi connectivity index (χ0v) is 8.35. The lowest BCUT2D eigenvalue weighted by Gasteiger charge is -2.01. The van der Waals surface area contributed by atoms with Gasteiger partial charge in [-0.05, 0) is 0 Å². The molecule has 0 bridgehead atoms. The summed E-state index contributed by atoms with van der Waals surface area (Å²) in [7, 11) is 3.07. The molecular weight excluding hydrogens is 158 g/mol. The molecule has 4 heteroatoms. The van der Waals surface area contributed by atoms with Crippen LogP contribution in [-0.4, -0.2) is 39.9 Å². The highest BCUT2D eigenvalue weighted by Gasteiger charge is 1.96. The third kappa shape index (κ3) is 12.1. The van der Waals surface area contributed by atoms with Crippen molar-refractivity contribution in [1.82, 2.24) is 5.32 Å². The number of carbonyl (C=O) groups is 1. The van der Waals surface area contributed by atoms with E-state index in [1.807, 2.05) is 13.8 Å². The van der Waals surface area contributed by atoms with E-state index in [0.29, 0.717) is 13.2 Å². The molecule has 0 aliphatic heterocycles. The molecule has 0 aromatic heterocycles. The minimum absolute atomic E-state index is 0.112. The van der Waals surface area contributed by atoms with E-state index in [-0.39, 0.29) is 12.5 Å². The number of ether oxygens (including phenoxy) is 2. The van der Waals surface area contributed by atoms with Crippen LogP contribution in [0.1, 0.15) is 13.8 Å². The molecule has 0 rings (SSSR count). The lowest BCUT2D eigenvalue weighted by atomic mass is 10.6. The van der Waals surface area contributed by atoms with Crippen LogP contribution in [0.25, 0.3) is 0 Å². The molecule has 0 radical (unpaired) electrons. The highest BCUT2D eigenvalue weighted by Crippen LogP contribution is 1.69. The van der Waals surface area contributed by atoms with Crippen molar-refractivity contribution in [1.29, 1.82) is 0 Å². The molecule has 1 amide bonds. The van der Waals surface area contributed by atoms with Gasteiger partial charge < -0.3 is 14.8 Å². The van der Waals surface area contributed by atoms with Gasteiger partial charge in [-0.25, -0.2) is 0 Å². The molecule has 12 heavy (non-hydrogen) atoms.